The van der Waals surface area contributed by atoms with Gasteiger partial charge in [0.2, 0.25) is 0 Å². The lowest BCUT2D eigenvalue weighted by Gasteiger charge is -2.46. The molecule has 2 aliphatic rings. The van der Waals surface area contributed by atoms with E-state index in [2.05, 4.69) is 20.8 Å². The van der Waals surface area contributed by atoms with Crippen molar-refractivity contribution >= 4 is 5.78 Å². The second-order valence-corrected chi connectivity index (χ2v) is 6.75. The lowest BCUT2D eigenvalue weighted by Crippen LogP contribution is -2.44. The van der Waals surface area contributed by atoms with Crippen LogP contribution in [-0.4, -0.2) is 5.78 Å². The van der Waals surface area contributed by atoms with E-state index in [4.69, 9.17) is 0 Å². The maximum absolute atomic E-state index is 13.4. The van der Waals surface area contributed by atoms with Crippen molar-refractivity contribution in [2.24, 2.45) is 11.3 Å². The number of rotatable bonds is 0. The molecule has 0 spiro atoms. The average molecular weight is 246 g/mol. The minimum atomic E-state index is -0.304. The van der Waals surface area contributed by atoms with Crippen LogP contribution in [0.25, 0.3) is 0 Å². The lowest BCUT2D eigenvalue weighted by atomic mass is 9.56. The first-order valence-electron chi connectivity index (χ1n) is 6.70. The Bertz CT molecular complexity index is 532. The first-order chi connectivity index (χ1) is 8.36. The molecule has 3 rings (SSSR count). The third kappa shape index (κ3) is 1.35. The fourth-order valence-electron chi connectivity index (χ4n) is 4.37. The van der Waals surface area contributed by atoms with Gasteiger partial charge in [-0.2, -0.15) is 0 Å². The number of halogens is 1. The normalized spacial score (nSPS) is 33.1. The Morgan fingerprint density at radius 3 is 2.67 bits per heavy atom. The van der Waals surface area contributed by atoms with E-state index < -0.39 is 0 Å². The Morgan fingerprint density at radius 2 is 1.94 bits per heavy atom. The van der Waals surface area contributed by atoms with E-state index in [1.165, 1.54) is 12.1 Å². The number of fused-ring (bicyclic) bond motifs is 3. The van der Waals surface area contributed by atoms with Crippen molar-refractivity contribution < 1.29 is 9.18 Å². The smallest absolute Gasteiger partial charge is 0.167 e. The molecule has 0 N–H and O–H groups in total. The molecule has 0 unspecified atom stereocenters. The van der Waals surface area contributed by atoms with E-state index >= 15 is 0 Å². The summed E-state index contributed by atoms with van der Waals surface area (Å²) in [5.74, 6) is -0.144. The summed E-state index contributed by atoms with van der Waals surface area (Å²) >= 11 is 0. The maximum atomic E-state index is 13.4. The van der Waals surface area contributed by atoms with E-state index in [0.717, 1.165) is 24.8 Å². The van der Waals surface area contributed by atoms with Gasteiger partial charge in [-0.05, 0) is 36.0 Å². The monoisotopic (exact) mass is 246 g/mol. The predicted octanol–water partition coefficient (Wildman–Crippen LogP) is 4.11. The van der Waals surface area contributed by atoms with Gasteiger partial charge in [0.1, 0.15) is 5.82 Å². The van der Waals surface area contributed by atoms with Crippen LogP contribution < -0.4 is 0 Å². The van der Waals surface area contributed by atoms with Crippen molar-refractivity contribution in [2.75, 3.05) is 0 Å². The highest BCUT2D eigenvalue weighted by Crippen LogP contribution is 2.58. The zero-order valence-corrected chi connectivity index (χ0v) is 11.2. The Labute approximate surface area is 107 Å². The molecule has 0 aliphatic heterocycles. The van der Waals surface area contributed by atoms with E-state index in [1.54, 1.807) is 0 Å². The number of carbonyl (C=O) groups is 1. The summed E-state index contributed by atoms with van der Waals surface area (Å²) in [4.78, 5) is 12.6. The molecule has 2 heteroatoms. The van der Waals surface area contributed by atoms with Gasteiger partial charge in [-0.15, -0.1) is 0 Å². The van der Waals surface area contributed by atoms with Gasteiger partial charge < -0.3 is 0 Å². The molecule has 0 heterocycles. The largest absolute Gasteiger partial charge is 0.294 e. The summed E-state index contributed by atoms with van der Waals surface area (Å²) in [6, 6.07) is 4.74. The van der Waals surface area contributed by atoms with Crippen molar-refractivity contribution in [2.45, 2.75) is 45.4 Å². The standard InChI is InChI=1S/C16H19FO/c1-15(2)7-4-8-16(3)12-6-5-10(17)9-11(12)13(18)14(15)16/h5-6,9,14H,4,7-8H2,1-3H3/t14-,16-/m0/s1. The lowest BCUT2D eigenvalue weighted by molar-refractivity contribution is 0.0500. The van der Waals surface area contributed by atoms with Gasteiger partial charge in [0.15, 0.2) is 5.78 Å². The first kappa shape index (κ1) is 11.9. The summed E-state index contributed by atoms with van der Waals surface area (Å²) in [5.41, 5.74) is 1.60. The molecular weight excluding hydrogens is 227 g/mol. The highest BCUT2D eigenvalue weighted by molar-refractivity contribution is 6.04. The van der Waals surface area contributed by atoms with Gasteiger partial charge in [0.25, 0.3) is 0 Å². The minimum absolute atomic E-state index is 0.00977. The van der Waals surface area contributed by atoms with Gasteiger partial charge in [-0.3, -0.25) is 4.79 Å². The van der Waals surface area contributed by atoms with Crippen LogP contribution in [0.4, 0.5) is 4.39 Å². The maximum Gasteiger partial charge on any atom is 0.167 e. The zero-order chi connectivity index (χ0) is 13.1. The molecular formula is C16H19FO. The molecule has 1 saturated carbocycles. The van der Waals surface area contributed by atoms with Gasteiger partial charge in [-0.25, -0.2) is 4.39 Å². The molecule has 0 bridgehead atoms. The number of benzene rings is 1. The molecule has 1 nitrogen and oxygen atoms in total. The van der Waals surface area contributed by atoms with E-state index in [1.807, 2.05) is 6.07 Å². The third-order valence-electron chi connectivity index (χ3n) is 5.06. The van der Waals surface area contributed by atoms with Gasteiger partial charge in [0, 0.05) is 16.9 Å². The molecule has 0 aromatic heterocycles. The Hall–Kier alpha value is -1.18. The number of hydrogen-bond donors (Lipinski definition) is 0. The molecule has 1 aromatic rings. The van der Waals surface area contributed by atoms with Crippen LogP contribution in [0.15, 0.2) is 18.2 Å². The second-order valence-electron chi connectivity index (χ2n) is 6.75. The molecule has 1 aromatic carbocycles. The molecule has 1 fully saturated rings. The van der Waals surface area contributed by atoms with Crippen LogP contribution in [0.1, 0.15) is 56.0 Å². The minimum Gasteiger partial charge on any atom is -0.294 e. The number of Topliss-reactive ketones (excluding diaryl/α,β-unsaturated/α-hetero) is 1. The van der Waals surface area contributed by atoms with Crippen molar-refractivity contribution in [3.05, 3.63) is 35.1 Å². The fourth-order valence-corrected chi connectivity index (χ4v) is 4.37. The van der Waals surface area contributed by atoms with Crippen molar-refractivity contribution in [3.8, 4) is 0 Å². The molecule has 18 heavy (non-hydrogen) atoms. The summed E-state index contributed by atoms with van der Waals surface area (Å²) in [7, 11) is 0. The summed E-state index contributed by atoms with van der Waals surface area (Å²) in [5, 5.41) is 0. The summed E-state index contributed by atoms with van der Waals surface area (Å²) in [6.45, 7) is 6.53. The summed E-state index contributed by atoms with van der Waals surface area (Å²) in [6.07, 6.45) is 3.25. The van der Waals surface area contributed by atoms with E-state index in [9.17, 15) is 9.18 Å². The summed E-state index contributed by atoms with van der Waals surface area (Å²) < 4.78 is 13.4. The van der Waals surface area contributed by atoms with Crippen LogP contribution in [0.5, 0.6) is 0 Å². The predicted molar refractivity (Wildman–Crippen MR) is 69.2 cm³/mol. The van der Waals surface area contributed by atoms with E-state index in [-0.39, 0.29) is 28.3 Å². The Kier molecular flexibility index (Phi) is 2.27. The molecule has 0 radical (unpaired) electrons. The van der Waals surface area contributed by atoms with Crippen molar-refractivity contribution in [3.63, 3.8) is 0 Å². The highest BCUT2D eigenvalue weighted by atomic mass is 19.1. The molecule has 0 amide bonds. The molecule has 2 atom stereocenters. The number of hydrogen-bond acceptors (Lipinski definition) is 1. The van der Waals surface area contributed by atoms with Crippen LogP contribution in [0.2, 0.25) is 0 Å². The van der Waals surface area contributed by atoms with Crippen LogP contribution in [0.3, 0.4) is 0 Å². The Balaban J connectivity index is 2.22. The average Bonchev–Trinajstić information content (AvgIpc) is 2.48. The molecule has 2 aliphatic carbocycles. The molecule has 0 saturated heterocycles. The van der Waals surface area contributed by atoms with E-state index in [0.29, 0.717) is 5.56 Å². The number of carbonyl (C=O) groups excluding carboxylic acids is 1. The van der Waals surface area contributed by atoms with Crippen molar-refractivity contribution in [1.82, 2.24) is 0 Å². The third-order valence-corrected chi connectivity index (χ3v) is 5.06. The second kappa shape index (κ2) is 3.43. The topological polar surface area (TPSA) is 17.1 Å². The van der Waals surface area contributed by atoms with Crippen molar-refractivity contribution in [1.29, 1.82) is 0 Å². The highest BCUT2D eigenvalue weighted by Gasteiger charge is 2.56. The van der Waals surface area contributed by atoms with Gasteiger partial charge in [0.05, 0.1) is 0 Å². The molecule has 96 valence electrons. The first-order valence-corrected chi connectivity index (χ1v) is 6.70. The van der Waals surface area contributed by atoms with Gasteiger partial charge >= 0.3 is 0 Å². The number of ketones is 1. The van der Waals surface area contributed by atoms with Crippen LogP contribution in [-0.2, 0) is 5.41 Å². The Morgan fingerprint density at radius 1 is 1.22 bits per heavy atom. The quantitative estimate of drug-likeness (QED) is 0.673. The van der Waals surface area contributed by atoms with Crippen LogP contribution >= 0.6 is 0 Å². The zero-order valence-electron chi connectivity index (χ0n) is 11.2. The fraction of sp³-hybridized carbons (Fsp3) is 0.562. The SMILES string of the molecule is CC1(C)CCC[C@@]2(C)c3ccc(F)cc3C(=O)[C@@H]12. The van der Waals surface area contributed by atoms with Crippen LogP contribution in [0, 0.1) is 17.2 Å². The van der Waals surface area contributed by atoms with Gasteiger partial charge in [-0.1, -0.05) is 33.3 Å².